The van der Waals surface area contributed by atoms with E-state index in [1.54, 1.807) is 41.2 Å². The van der Waals surface area contributed by atoms with Gasteiger partial charge in [-0.1, -0.05) is 48.0 Å². The van der Waals surface area contributed by atoms with E-state index in [-0.39, 0.29) is 18.3 Å². The maximum Gasteiger partial charge on any atom is 0.248 e. The minimum Gasteiger partial charge on any atom is -0.320 e. The molecule has 6 heteroatoms. The average molecular weight is 356 g/mol. The fraction of sp³-hybridized carbons (Fsp3) is 0.0526. The van der Waals surface area contributed by atoms with Gasteiger partial charge in [-0.2, -0.15) is 5.10 Å². The van der Waals surface area contributed by atoms with Crippen LogP contribution in [0, 0.1) is 5.82 Å². The molecule has 0 spiro atoms. The van der Waals surface area contributed by atoms with E-state index in [9.17, 15) is 9.18 Å². The van der Waals surface area contributed by atoms with Crippen LogP contribution in [0.15, 0.2) is 67.0 Å². The van der Waals surface area contributed by atoms with Gasteiger partial charge in [-0.3, -0.25) is 9.48 Å². The normalized spacial score (nSPS) is 11.0. The maximum absolute atomic E-state index is 13.7. The summed E-state index contributed by atoms with van der Waals surface area (Å²) < 4.78 is 15.2. The van der Waals surface area contributed by atoms with Crippen molar-refractivity contribution in [2.24, 2.45) is 0 Å². The predicted molar refractivity (Wildman–Crippen MR) is 96.8 cm³/mol. The number of carbonyl (C=O) groups is 1. The number of nitrogens with one attached hydrogen (secondary N) is 1. The first-order valence-corrected chi connectivity index (χ1v) is 7.99. The van der Waals surface area contributed by atoms with Gasteiger partial charge < -0.3 is 5.32 Å². The SMILES string of the molecule is O=C(/C=C/c1ccccc1Cl)Nc1cnn(Cc2ccccc2F)c1. The van der Waals surface area contributed by atoms with Gasteiger partial charge in [0.15, 0.2) is 0 Å². The van der Waals surface area contributed by atoms with Crippen molar-refractivity contribution in [1.82, 2.24) is 9.78 Å². The Morgan fingerprint density at radius 3 is 2.76 bits per heavy atom. The second-order valence-corrected chi connectivity index (χ2v) is 5.77. The van der Waals surface area contributed by atoms with Crippen molar-refractivity contribution in [3.63, 3.8) is 0 Å². The molecule has 2 aromatic carbocycles. The molecule has 3 rings (SSSR count). The zero-order valence-electron chi connectivity index (χ0n) is 13.2. The van der Waals surface area contributed by atoms with E-state index in [1.165, 1.54) is 18.3 Å². The molecule has 0 aliphatic heterocycles. The molecule has 25 heavy (non-hydrogen) atoms. The fourth-order valence-corrected chi connectivity index (χ4v) is 2.47. The van der Waals surface area contributed by atoms with Gasteiger partial charge in [0.1, 0.15) is 5.82 Å². The lowest BCUT2D eigenvalue weighted by Gasteiger charge is -2.03. The molecule has 1 N–H and O–H groups in total. The van der Waals surface area contributed by atoms with Crippen molar-refractivity contribution in [1.29, 1.82) is 0 Å². The summed E-state index contributed by atoms with van der Waals surface area (Å²) in [7, 11) is 0. The highest BCUT2D eigenvalue weighted by Crippen LogP contribution is 2.16. The van der Waals surface area contributed by atoms with Crippen LogP contribution in [0.1, 0.15) is 11.1 Å². The standard InChI is InChI=1S/C19H15ClFN3O/c20-17-7-3-1-5-14(17)9-10-19(25)23-16-11-22-24(13-16)12-15-6-2-4-8-18(15)21/h1-11,13H,12H2,(H,23,25)/b10-9+. The molecule has 0 aliphatic carbocycles. The average Bonchev–Trinajstić information content (AvgIpc) is 3.03. The first-order valence-electron chi connectivity index (χ1n) is 7.61. The van der Waals surface area contributed by atoms with E-state index >= 15 is 0 Å². The molecule has 0 saturated carbocycles. The third kappa shape index (κ3) is 4.55. The Morgan fingerprint density at radius 2 is 1.96 bits per heavy atom. The van der Waals surface area contributed by atoms with Crippen molar-refractivity contribution in [2.75, 3.05) is 5.32 Å². The van der Waals surface area contributed by atoms with Gasteiger partial charge in [-0.15, -0.1) is 0 Å². The van der Waals surface area contributed by atoms with Crippen molar-refractivity contribution in [2.45, 2.75) is 6.54 Å². The molecule has 0 bridgehead atoms. The summed E-state index contributed by atoms with van der Waals surface area (Å²) in [5.74, 6) is -0.586. The quantitative estimate of drug-likeness (QED) is 0.690. The number of nitrogens with zero attached hydrogens (tertiary/aromatic N) is 2. The van der Waals surface area contributed by atoms with Crippen LogP contribution in [0.4, 0.5) is 10.1 Å². The number of halogens is 2. The number of anilines is 1. The van der Waals surface area contributed by atoms with Crippen LogP contribution in [0.2, 0.25) is 5.02 Å². The lowest BCUT2D eigenvalue weighted by atomic mass is 10.2. The molecule has 0 fully saturated rings. The predicted octanol–water partition coefficient (Wildman–Crippen LogP) is 4.38. The summed E-state index contributed by atoms with van der Waals surface area (Å²) in [5, 5.41) is 7.41. The molecule has 0 saturated heterocycles. The summed E-state index contributed by atoms with van der Waals surface area (Å²) in [6.07, 6.45) is 6.20. The van der Waals surface area contributed by atoms with Crippen LogP contribution in [-0.4, -0.2) is 15.7 Å². The van der Waals surface area contributed by atoms with Crippen LogP contribution in [-0.2, 0) is 11.3 Å². The second-order valence-electron chi connectivity index (χ2n) is 5.36. The Morgan fingerprint density at radius 1 is 1.20 bits per heavy atom. The van der Waals surface area contributed by atoms with Crippen LogP contribution >= 0.6 is 11.6 Å². The van der Waals surface area contributed by atoms with Crippen LogP contribution in [0.25, 0.3) is 6.08 Å². The number of benzene rings is 2. The second kappa shape index (κ2) is 7.77. The molecule has 4 nitrogen and oxygen atoms in total. The minimum absolute atomic E-state index is 0.286. The zero-order chi connectivity index (χ0) is 17.6. The molecule has 0 aliphatic rings. The van der Waals surface area contributed by atoms with Gasteiger partial charge in [0.25, 0.3) is 0 Å². The number of hydrogen-bond acceptors (Lipinski definition) is 2. The van der Waals surface area contributed by atoms with E-state index in [0.717, 1.165) is 5.56 Å². The molecule has 126 valence electrons. The molecule has 1 aromatic heterocycles. The van der Waals surface area contributed by atoms with Gasteiger partial charge in [0.2, 0.25) is 5.91 Å². The lowest BCUT2D eigenvalue weighted by molar-refractivity contribution is -0.111. The maximum atomic E-state index is 13.7. The molecular formula is C19H15ClFN3O. The van der Waals surface area contributed by atoms with Gasteiger partial charge >= 0.3 is 0 Å². The summed E-state index contributed by atoms with van der Waals surface area (Å²) in [6, 6.07) is 13.7. The molecule has 1 heterocycles. The third-order valence-electron chi connectivity index (χ3n) is 3.51. The van der Waals surface area contributed by atoms with Crippen molar-refractivity contribution in [3.8, 4) is 0 Å². The van der Waals surface area contributed by atoms with Crippen molar-refractivity contribution in [3.05, 3.63) is 89.0 Å². The molecule has 0 radical (unpaired) electrons. The van der Waals surface area contributed by atoms with E-state index in [1.807, 2.05) is 18.2 Å². The van der Waals surface area contributed by atoms with E-state index in [4.69, 9.17) is 11.6 Å². The number of carbonyl (C=O) groups excluding carboxylic acids is 1. The topological polar surface area (TPSA) is 46.9 Å². The largest absolute Gasteiger partial charge is 0.320 e. The van der Waals surface area contributed by atoms with E-state index in [0.29, 0.717) is 16.3 Å². The fourth-order valence-electron chi connectivity index (χ4n) is 2.28. The monoisotopic (exact) mass is 355 g/mol. The number of amides is 1. The lowest BCUT2D eigenvalue weighted by Crippen LogP contribution is -2.07. The summed E-state index contributed by atoms with van der Waals surface area (Å²) in [4.78, 5) is 12.0. The summed E-state index contributed by atoms with van der Waals surface area (Å²) >= 11 is 6.03. The molecule has 0 unspecified atom stereocenters. The van der Waals surface area contributed by atoms with Crippen LogP contribution in [0.5, 0.6) is 0 Å². The summed E-state index contributed by atoms with van der Waals surface area (Å²) in [6.45, 7) is 0.290. The third-order valence-corrected chi connectivity index (χ3v) is 3.85. The Labute approximate surface area is 149 Å². The molecule has 3 aromatic rings. The Kier molecular flexibility index (Phi) is 5.26. The van der Waals surface area contributed by atoms with E-state index < -0.39 is 0 Å². The van der Waals surface area contributed by atoms with Crippen molar-refractivity contribution < 1.29 is 9.18 Å². The number of rotatable bonds is 5. The first-order chi connectivity index (χ1) is 12.1. The summed E-state index contributed by atoms with van der Waals surface area (Å²) in [5.41, 5.74) is 1.82. The van der Waals surface area contributed by atoms with Gasteiger partial charge in [-0.25, -0.2) is 4.39 Å². The zero-order valence-corrected chi connectivity index (χ0v) is 13.9. The van der Waals surface area contributed by atoms with Crippen LogP contribution in [0.3, 0.4) is 0 Å². The Balaban J connectivity index is 1.62. The van der Waals surface area contributed by atoms with Crippen molar-refractivity contribution >= 4 is 29.3 Å². The number of hydrogen-bond donors (Lipinski definition) is 1. The van der Waals surface area contributed by atoms with Crippen LogP contribution < -0.4 is 5.32 Å². The Bertz CT molecular complexity index is 920. The highest BCUT2D eigenvalue weighted by atomic mass is 35.5. The number of aromatic nitrogens is 2. The molecular weight excluding hydrogens is 341 g/mol. The highest BCUT2D eigenvalue weighted by Gasteiger charge is 2.05. The smallest absolute Gasteiger partial charge is 0.248 e. The Hall–Kier alpha value is -2.92. The minimum atomic E-state index is -0.301. The van der Waals surface area contributed by atoms with Gasteiger partial charge in [-0.05, 0) is 23.8 Å². The molecule has 1 amide bonds. The molecule has 0 atom stereocenters. The highest BCUT2D eigenvalue weighted by molar-refractivity contribution is 6.32. The van der Waals surface area contributed by atoms with Gasteiger partial charge in [0, 0.05) is 22.9 Å². The first kappa shape index (κ1) is 16.9. The van der Waals surface area contributed by atoms with E-state index in [2.05, 4.69) is 10.4 Å². The van der Waals surface area contributed by atoms with Gasteiger partial charge in [0.05, 0.1) is 18.4 Å².